The molecule has 2 heterocycles. The molecule has 0 spiro atoms. The van der Waals surface area contributed by atoms with Crippen molar-refractivity contribution < 1.29 is 9.47 Å². The van der Waals surface area contributed by atoms with Crippen molar-refractivity contribution in [3.8, 4) is 0 Å². The molecule has 0 radical (unpaired) electrons. The number of benzene rings is 1. The summed E-state index contributed by atoms with van der Waals surface area (Å²) in [6.45, 7) is 10.9. The van der Waals surface area contributed by atoms with Gasteiger partial charge < -0.3 is 20.5 Å². The quantitative estimate of drug-likeness (QED) is 0.241. The third-order valence-electron chi connectivity index (χ3n) is 5.10. The zero-order chi connectivity index (χ0) is 18.7. The smallest absolute Gasteiger partial charge is 0.188 e. The number of rotatable bonds is 8. The fraction of sp³-hybridized carbons (Fsp3) is 0.650. The molecule has 0 atom stereocenters. The van der Waals surface area contributed by atoms with Crippen molar-refractivity contribution in [1.82, 2.24) is 15.1 Å². The van der Waals surface area contributed by atoms with E-state index in [9.17, 15) is 0 Å². The van der Waals surface area contributed by atoms with Gasteiger partial charge >= 0.3 is 0 Å². The molecule has 2 aliphatic heterocycles. The SMILES string of the molecule is I.NC(=NCc1ccccc1CN1CCOCC1)NCCCN1CCOCC1. The van der Waals surface area contributed by atoms with Crippen LogP contribution in [0.2, 0.25) is 0 Å². The first-order valence-corrected chi connectivity index (χ1v) is 10.0. The summed E-state index contributed by atoms with van der Waals surface area (Å²) in [6, 6.07) is 8.49. The third-order valence-corrected chi connectivity index (χ3v) is 5.10. The van der Waals surface area contributed by atoms with Crippen LogP contribution >= 0.6 is 24.0 Å². The van der Waals surface area contributed by atoms with Crippen LogP contribution in [0, 0.1) is 0 Å². The van der Waals surface area contributed by atoms with Gasteiger partial charge in [0.25, 0.3) is 0 Å². The second-order valence-electron chi connectivity index (χ2n) is 7.09. The maximum atomic E-state index is 6.05. The van der Waals surface area contributed by atoms with Crippen LogP contribution in [0.1, 0.15) is 17.5 Å². The molecule has 3 rings (SSSR count). The molecule has 0 amide bonds. The van der Waals surface area contributed by atoms with E-state index in [1.54, 1.807) is 0 Å². The van der Waals surface area contributed by atoms with Crippen LogP contribution in [0.5, 0.6) is 0 Å². The van der Waals surface area contributed by atoms with E-state index in [1.165, 1.54) is 11.1 Å². The lowest BCUT2D eigenvalue weighted by molar-refractivity contribution is 0.0341. The summed E-state index contributed by atoms with van der Waals surface area (Å²) >= 11 is 0. The lowest BCUT2D eigenvalue weighted by atomic mass is 10.1. The van der Waals surface area contributed by atoms with Gasteiger partial charge in [-0.05, 0) is 24.1 Å². The predicted molar refractivity (Wildman–Crippen MR) is 123 cm³/mol. The number of nitrogens with zero attached hydrogens (tertiary/aromatic N) is 3. The van der Waals surface area contributed by atoms with Gasteiger partial charge in [0.1, 0.15) is 0 Å². The summed E-state index contributed by atoms with van der Waals surface area (Å²) in [5.41, 5.74) is 8.61. The van der Waals surface area contributed by atoms with E-state index in [2.05, 4.69) is 44.4 Å². The molecule has 0 unspecified atom stereocenters. The Hall–Kier alpha value is -0.940. The Labute approximate surface area is 185 Å². The first kappa shape index (κ1) is 23.3. The lowest BCUT2D eigenvalue weighted by Crippen LogP contribution is -2.39. The molecule has 8 heteroatoms. The zero-order valence-corrected chi connectivity index (χ0v) is 19.0. The Kier molecular flexibility index (Phi) is 11.1. The van der Waals surface area contributed by atoms with Gasteiger partial charge in [0.15, 0.2) is 5.96 Å². The van der Waals surface area contributed by atoms with Crippen LogP contribution in [0.3, 0.4) is 0 Å². The Morgan fingerprint density at radius 3 is 2.25 bits per heavy atom. The molecule has 0 bridgehead atoms. The highest BCUT2D eigenvalue weighted by Gasteiger charge is 2.12. The Balaban J connectivity index is 0.00000280. The maximum absolute atomic E-state index is 6.05. The summed E-state index contributed by atoms with van der Waals surface area (Å²) in [5.74, 6) is 0.526. The highest BCUT2D eigenvalue weighted by atomic mass is 127. The van der Waals surface area contributed by atoms with Crippen LogP contribution in [-0.4, -0.2) is 81.5 Å². The van der Waals surface area contributed by atoms with Crippen LogP contribution in [0.15, 0.2) is 29.3 Å². The highest BCUT2D eigenvalue weighted by Crippen LogP contribution is 2.14. The van der Waals surface area contributed by atoms with Gasteiger partial charge in [-0.25, -0.2) is 4.99 Å². The van der Waals surface area contributed by atoms with E-state index in [4.69, 9.17) is 15.2 Å². The molecule has 1 aromatic rings. The van der Waals surface area contributed by atoms with Gasteiger partial charge in [0.2, 0.25) is 0 Å². The minimum Gasteiger partial charge on any atom is -0.379 e. The predicted octanol–water partition coefficient (Wildman–Crippen LogP) is 1.26. The molecule has 158 valence electrons. The number of ether oxygens (including phenoxy) is 2. The van der Waals surface area contributed by atoms with Gasteiger partial charge in [0.05, 0.1) is 33.0 Å². The van der Waals surface area contributed by atoms with Crippen molar-refractivity contribution in [2.75, 3.05) is 65.7 Å². The molecule has 3 N–H and O–H groups in total. The standard InChI is InChI=1S/C20H33N5O2.HI/c21-20(22-6-3-7-24-8-12-26-13-9-24)23-16-18-4-1-2-5-19(18)17-25-10-14-27-15-11-25;/h1-2,4-5H,3,6-17H2,(H3,21,22,23);1H. The lowest BCUT2D eigenvalue weighted by Gasteiger charge is -2.27. The molecule has 2 fully saturated rings. The van der Waals surface area contributed by atoms with E-state index in [1.807, 2.05) is 0 Å². The van der Waals surface area contributed by atoms with E-state index in [0.29, 0.717) is 12.5 Å². The summed E-state index contributed by atoms with van der Waals surface area (Å²) in [6.07, 6.45) is 1.06. The average molecular weight is 503 g/mol. The van der Waals surface area contributed by atoms with Crippen molar-refractivity contribution in [3.05, 3.63) is 35.4 Å². The van der Waals surface area contributed by atoms with Gasteiger partial charge in [-0.15, -0.1) is 24.0 Å². The fourth-order valence-electron chi connectivity index (χ4n) is 3.44. The topological polar surface area (TPSA) is 75.3 Å². The second kappa shape index (κ2) is 13.3. The van der Waals surface area contributed by atoms with Gasteiger partial charge in [-0.2, -0.15) is 0 Å². The summed E-state index contributed by atoms with van der Waals surface area (Å²) < 4.78 is 10.8. The minimum atomic E-state index is 0. The average Bonchev–Trinajstić information content (AvgIpc) is 2.72. The molecule has 2 aliphatic rings. The molecule has 0 aromatic heterocycles. The summed E-state index contributed by atoms with van der Waals surface area (Å²) in [4.78, 5) is 9.40. The summed E-state index contributed by atoms with van der Waals surface area (Å²) in [7, 11) is 0. The normalized spacial score (nSPS) is 19.2. The second-order valence-corrected chi connectivity index (χ2v) is 7.09. The number of nitrogens with two attached hydrogens (primary N) is 1. The van der Waals surface area contributed by atoms with Crippen LogP contribution in [0.4, 0.5) is 0 Å². The largest absolute Gasteiger partial charge is 0.379 e. The van der Waals surface area contributed by atoms with Crippen LogP contribution in [-0.2, 0) is 22.6 Å². The number of morpholine rings is 2. The van der Waals surface area contributed by atoms with E-state index in [0.717, 1.165) is 78.7 Å². The van der Waals surface area contributed by atoms with Crippen molar-refractivity contribution >= 4 is 29.9 Å². The molecule has 0 saturated carbocycles. The number of aliphatic imine (C=N–C) groups is 1. The van der Waals surface area contributed by atoms with E-state index >= 15 is 0 Å². The Morgan fingerprint density at radius 2 is 1.57 bits per heavy atom. The third kappa shape index (κ3) is 8.20. The molecule has 28 heavy (non-hydrogen) atoms. The monoisotopic (exact) mass is 503 g/mol. The van der Waals surface area contributed by atoms with Crippen molar-refractivity contribution in [3.63, 3.8) is 0 Å². The van der Waals surface area contributed by atoms with Gasteiger partial charge in [-0.1, -0.05) is 24.3 Å². The summed E-state index contributed by atoms with van der Waals surface area (Å²) in [5, 5.41) is 3.24. The Bertz CT molecular complexity index is 590. The number of hydrogen-bond donors (Lipinski definition) is 2. The number of guanidine groups is 1. The maximum Gasteiger partial charge on any atom is 0.188 e. The van der Waals surface area contributed by atoms with Gasteiger partial charge in [0, 0.05) is 39.3 Å². The number of hydrogen-bond acceptors (Lipinski definition) is 5. The number of halogens is 1. The highest BCUT2D eigenvalue weighted by molar-refractivity contribution is 14.0. The van der Waals surface area contributed by atoms with E-state index in [-0.39, 0.29) is 24.0 Å². The molecular weight excluding hydrogens is 469 g/mol. The molecule has 0 aliphatic carbocycles. The van der Waals surface area contributed by atoms with Gasteiger partial charge in [-0.3, -0.25) is 9.80 Å². The van der Waals surface area contributed by atoms with Crippen molar-refractivity contribution in [2.24, 2.45) is 10.7 Å². The Morgan fingerprint density at radius 1 is 0.964 bits per heavy atom. The van der Waals surface area contributed by atoms with Crippen LogP contribution in [0.25, 0.3) is 0 Å². The van der Waals surface area contributed by atoms with E-state index < -0.39 is 0 Å². The molecule has 1 aromatic carbocycles. The van der Waals surface area contributed by atoms with Crippen molar-refractivity contribution in [1.29, 1.82) is 0 Å². The fourth-order valence-corrected chi connectivity index (χ4v) is 3.44. The first-order chi connectivity index (χ1) is 13.3. The van der Waals surface area contributed by atoms with Crippen molar-refractivity contribution in [2.45, 2.75) is 19.5 Å². The van der Waals surface area contributed by atoms with Crippen LogP contribution < -0.4 is 11.1 Å². The molecule has 2 saturated heterocycles. The first-order valence-electron chi connectivity index (χ1n) is 10.0. The molecule has 7 nitrogen and oxygen atoms in total. The molecular formula is C20H34IN5O2. The zero-order valence-electron chi connectivity index (χ0n) is 16.6. The minimum absolute atomic E-state index is 0. The number of nitrogens with one attached hydrogen (secondary N) is 1.